The van der Waals surface area contributed by atoms with Crippen LogP contribution in [0.2, 0.25) is 0 Å². The zero-order valence-electron chi connectivity index (χ0n) is 9.77. The molecule has 0 bridgehead atoms. The summed E-state index contributed by atoms with van der Waals surface area (Å²) in [5.74, 6) is 0.617. The summed E-state index contributed by atoms with van der Waals surface area (Å²) in [6, 6.07) is 7.69. The minimum absolute atomic E-state index is 0.220. The lowest BCUT2D eigenvalue weighted by Gasteiger charge is -2.01. The predicted octanol–water partition coefficient (Wildman–Crippen LogP) is 3.08. The normalized spacial score (nSPS) is 11.8. The first-order valence-corrected chi connectivity index (χ1v) is 6.61. The number of benzene rings is 1. The van der Waals surface area contributed by atoms with Gasteiger partial charge in [0.15, 0.2) is 0 Å². The smallest absolute Gasteiger partial charge is 0.115 e. The van der Waals surface area contributed by atoms with E-state index in [0.29, 0.717) is 5.84 Å². The van der Waals surface area contributed by atoms with Gasteiger partial charge in [0, 0.05) is 18.8 Å². The molecule has 2 aromatic rings. The Balaban J connectivity index is 2.41. The molecule has 0 saturated carbocycles. The number of amidine groups is 1. The van der Waals surface area contributed by atoms with Crippen LogP contribution in [0.3, 0.4) is 0 Å². The Morgan fingerprint density at radius 1 is 1.56 bits per heavy atom. The van der Waals surface area contributed by atoms with Gasteiger partial charge < -0.3 is 5.73 Å². The summed E-state index contributed by atoms with van der Waals surface area (Å²) >= 11 is 9.09. The van der Waals surface area contributed by atoms with Crippen LogP contribution in [0.15, 0.2) is 39.9 Å². The molecule has 0 spiro atoms. The fraction of sp³-hybridized carbons (Fsp3) is 0.167. The topological polar surface area (TPSA) is 56.2 Å². The van der Waals surface area contributed by atoms with Gasteiger partial charge in [0.2, 0.25) is 0 Å². The van der Waals surface area contributed by atoms with Crippen LogP contribution in [0.1, 0.15) is 0 Å². The van der Waals surface area contributed by atoms with Crippen LogP contribution in [0.5, 0.6) is 0 Å². The standard InChI is InChI=1S/C12H12BrClN4/c1-18-7-10(13)12(17-18)8-3-2-4-9(5-8)16-11(15)6-14/h2-5,7H,6H2,1H3,(H2,15,16). The van der Waals surface area contributed by atoms with Gasteiger partial charge in [-0.05, 0) is 28.1 Å². The van der Waals surface area contributed by atoms with Gasteiger partial charge in [0.25, 0.3) is 0 Å². The third-order valence-corrected chi connectivity index (χ3v) is 3.17. The Bertz CT molecular complexity index is 592. The van der Waals surface area contributed by atoms with Crippen molar-refractivity contribution in [3.05, 3.63) is 34.9 Å². The maximum absolute atomic E-state index is 5.62. The second-order valence-electron chi connectivity index (χ2n) is 3.79. The molecule has 2 rings (SSSR count). The Hall–Kier alpha value is -1.33. The fourth-order valence-electron chi connectivity index (χ4n) is 1.57. The van der Waals surface area contributed by atoms with Crippen molar-refractivity contribution in [1.82, 2.24) is 9.78 Å². The molecule has 0 atom stereocenters. The zero-order valence-corrected chi connectivity index (χ0v) is 12.1. The third-order valence-electron chi connectivity index (χ3n) is 2.31. The second kappa shape index (κ2) is 5.54. The van der Waals surface area contributed by atoms with Crippen molar-refractivity contribution >= 4 is 39.1 Å². The minimum atomic E-state index is 0.220. The van der Waals surface area contributed by atoms with Crippen LogP contribution in [0.25, 0.3) is 11.3 Å². The molecule has 0 aliphatic carbocycles. The number of aryl methyl sites for hydroxylation is 1. The first kappa shape index (κ1) is 13.1. The number of aromatic nitrogens is 2. The summed E-state index contributed by atoms with van der Waals surface area (Å²) in [5.41, 5.74) is 8.24. The molecular weight excluding hydrogens is 316 g/mol. The molecule has 0 fully saturated rings. The van der Waals surface area contributed by atoms with E-state index >= 15 is 0 Å². The van der Waals surface area contributed by atoms with Crippen molar-refractivity contribution in [2.75, 3.05) is 5.88 Å². The molecule has 6 heteroatoms. The van der Waals surface area contributed by atoms with Gasteiger partial charge in [0.05, 0.1) is 16.0 Å². The highest BCUT2D eigenvalue weighted by Gasteiger charge is 2.08. The van der Waals surface area contributed by atoms with Crippen molar-refractivity contribution < 1.29 is 0 Å². The van der Waals surface area contributed by atoms with E-state index in [-0.39, 0.29) is 5.88 Å². The molecule has 0 saturated heterocycles. The SMILES string of the molecule is Cn1cc(Br)c(-c2cccc(N=C(N)CCl)c2)n1. The van der Waals surface area contributed by atoms with Crippen molar-refractivity contribution in [3.63, 3.8) is 0 Å². The van der Waals surface area contributed by atoms with Crippen LogP contribution >= 0.6 is 27.5 Å². The predicted molar refractivity (Wildman–Crippen MR) is 78.3 cm³/mol. The molecular formula is C12H12BrClN4. The van der Waals surface area contributed by atoms with E-state index in [2.05, 4.69) is 26.0 Å². The van der Waals surface area contributed by atoms with Gasteiger partial charge in [-0.1, -0.05) is 12.1 Å². The van der Waals surface area contributed by atoms with E-state index in [1.165, 1.54) is 0 Å². The number of aliphatic imine (C=N–C) groups is 1. The van der Waals surface area contributed by atoms with Gasteiger partial charge in [-0.15, -0.1) is 11.6 Å². The molecule has 1 aromatic carbocycles. The van der Waals surface area contributed by atoms with Crippen LogP contribution in [0.4, 0.5) is 5.69 Å². The molecule has 0 aliphatic heterocycles. The third kappa shape index (κ3) is 2.91. The molecule has 0 unspecified atom stereocenters. The number of hydrogen-bond acceptors (Lipinski definition) is 2. The molecule has 0 amide bonds. The average molecular weight is 328 g/mol. The summed E-state index contributed by atoms with van der Waals surface area (Å²) in [6.07, 6.45) is 1.90. The molecule has 94 valence electrons. The lowest BCUT2D eigenvalue weighted by Crippen LogP contribution is -2.12. The minimum Gasteiger partial charge on any atom is -0.386 e. The quantitative estimate of drug-likeness (QED) is 0.535. The molecule has 1 heterocycles. The van der Waals surface area contributed by atoms with E-state index in [9.17, 15) is 0 Å². The molecule has 1 aromatic heterocycles. The highest BCUT2D eigenvalue weighted by molar-refractivity contribution is 9.10. The van der Waals surface area contributed by atoms with Gasteiger partial charge in [-0.3, -0.25) is 4.68 Å². The average Bonchev–Trinajstić information content (AvgIpc) is 2.68. The number of halogens is 2. The van der Waals surface area contributed by atoms with Crippen molar-refractivity contribution in [3.8, 4) is 11.3 Å². The van der Waals surface area contributed by atoms with Crippen molar-refractivity contribution in [2.24, 2.45) is 17.8 Å². The van der Waals surface area contributed by atoms with Crippen LogP contribution < -0.4 is 5.73 Å². The molecule has 0 aliphatic rings. The maximum atomic E-state index is 5.62. The van der Waals surface area contributed by atoms with Crippen LogP contribution in [-0.2, 0) is 7.05 Å². The Morgan fingerprint density at radius 3 is 2.94 bits per heavy atom. The fourth-order valence-corrected chi connectivity index (χ4v) is 2.24. The maximum Gasteiger partial charge on any atom is 0.115 e. The summed E-state index contributed by atoms with van der Waals surface area (Å²) in [6.45, 7) is 0. The zero-order chi connectivity index (χ0) is 13.1. The van der Waals surface area contributed by atoms with Crippen molar-refractivity contribution in [2.45, 2.75) is 0 Å². The van der Waals surface area contributed by atoms with Gasteiger partial charge in [-0.25, -0.2) is 4.99 Å². The highest BCUT2D eigenvalue weighted by atomic mass is 79.9. The number of nitrogens with two attached hydrogens (primary N) is 1. The molecule has 4 nitrogen and oxygen atoms in total. The van der Waals surface area contributed by atoms with E-state index in [1.807, 2.05) is 37.5 Å². The number of nitrogens with zero attached hydrogens (tertiary/aromatic N) is 3. The van der Waals surface area contributed by atoms with E-state index in [0.717, 1.165) is 21.4 Å². The number of rotatable bonds is 3. The number of alkyl halides is 1. The lowest BCUT2D eigenvalue weighted by molar-refractivity contribution is 0.770. The Kier molecular flexibility index (Phi) is 4.04. The summed E-state index contributed by atoms with van der Waals surface area (Å²) < 4.78 is 2.69. The number of hydrogen-bond donors (Lipinski definition) is 1. The Labute approximate surface area is 119 Å². The largest absolute Gasteiger partial charge is 0.386 e. The van der Waals surface area contributed by atoms with E-state index in [1.54, 1.807) is 4.68 Å². The molecule has 2 N–H and O–H groups in total. The lowest BCUT2D eigenvalue weighted by atomic mass is 10.1. The van der Waals surface area contributed by atoms with Crippen LogP contribution in [-0.4, -0.2) is 21.5 Å². The molecule has 0 radical (unpaired) electrons. The van der Waals surface area contributed by atoms with Crippen molar-refractivity contribution in [1.29, 1.82) is 0 Å². The molecule has 18 heavy (non-hydrogen) atoms. The summed E-state index contributed by atoms with van der Waals surface area (Å²) in [5, 5.41) is 4.38. The Morgan fingerprint density at radius 2 is 2.33 bits per heavy atom. The van der Waals surface area contributed by atoms with Crippen LogP contribution in [0, 0.1) is 0 Å². The van der Waals surface area contributed by atoms with Gasteiger partial charge in [0.1, 0.15) is 11.5 Å². The summed E-state index contributed by atoms with van der Waals surface area (Å²) in [7, 11) is 1.88. The highest BCUT2D eigenvalue weighted by Crippen LogP contribution is 2.28. The summed E-state index contributed by atoms with van der Waals surface area (Å²) in [4.78, 5) is 4.21. The van der Waals surface area contributed by atoms with E-state index < -0.39 is 0 Å². The monoisotopic (exact) mass is 326 g/mol. The van der Waals surface area contributed by atoms with Gasteiger partial charge in [-0.2, -0.15) is 5.10 Å². The van der Waals surface area contributed by atoms with Gasteiger partial charge >= 0.3 is 0 Å². The first-order chi connectivity index (χ1) is 8.60. The first-order valence-electron chi connectivity index (χ1n) is 5.28. The van der Waals surface area contributed by atoms with E-state index in [4.69, 9.17) is 17.3 Å². The second-order valence-corrected chi connectivity index (χ2v) is 4.91.